The van der Waals surface area contributed by atoms with Crippen molar-refractivity contribution in [2.75, 3.05) is 23.7 Å². The monoisotopic (exact) mass is 651 g/mol. The van der Waals surface area contributed by atoms with Crippen LogP contribution in [0.1, 0.15) is 80.6 Å². The molecule has 1 unspecified atom stereocenters. The van der Waals surface area contributed by atoms with E-state index in [0.29, 0.717) is 45.2 Å². The van der Waals surface area contributed by atoms with Crippen LogP contribution >= 0.6 is 0 Å². The average Bonchev–Trinajstić information content (AvgIpc) is 3.68. The summed E-state index contributed by atoms with van der Waals surface area (Å²) in [6, 6.07) is 5.27. The molecule has 3 aliphatic rings. The summed E-state index contributed by atoms with van der Waals surface area (Å²) >= 11 is 0. The molecule has 0 spiro atoms. The highest BCUT2D eigenvalue weighted by molar-refractivity contribution is 5.99. The Hall–Kier alpha value is -5.99. The molecule has 48 heavy (non-hydrogen) atoms. The normalized spacial score (nSPS) is 18.6. The third-order valence-electron chi connectivity index (χ3n) is 9.51. The van der Waals surface area contributed by atoms with Gasteiger partial charge >= 0.3 is 11.6 Å². The highest BCUT2D eigenvalue weighted by Gasteiger charge is 2.31. The van der Waals surface area contributed by atoms with Crippen LogP contribution in [0.2, 0.25) is 0 Å². The molecule has 0 saturated carbocycles. The summed E-state index contributed by atoms with van der Waals surface area (Å²) in [5.41, 5.74) is 8.08. The fourth-order valence-electron chi connectivity index (χ4n) is 7.01. The number of ketones is 1. The number of nitrogens with zero attached hydrogens (tertiary/aromatic N) is 4. The average molecular weight is 652 g/mol. The molecule has 2 atom stereocenters. The number of aromatic amines is 1. The smallest absolute Gasteiger partial charge is 0.394 e. The molecule has 0 bridgehead atoms. The molecule has 1 aliphatic heterocycles. The third-order valence-corrected chi connectivity index (χ3v) is 9.51. The Morgan fingerprint density at radius 1 is 1.12 bits per heavy atom. The van der Waals surface area contributed by atoms with E-state index in [1.165, 1.54) is 30.0 Å². The Balaban J connectivity index is 1.04. The van der Waals surface area contributed by atoms with Gasteiger partial charge in [-0.15, -0.1) is 0 Å². The largest absolute Gasteiger partial charge is 0.476 e. The first-order chi connectivity index (χ1) is 23.0. The minimum atomic E-state index is -1.20. The molecule has 0 saturated heterocycles. The molecule has 2 amide bonds. The third kappa shape index (κ3) is 5.22. The summed E-state index contributed by atoms with van der Waals surface area (Å²) in [4.78, 5) is 93.7. The number of amides is 2. The van der Waals surface area contributed by atoms with E-state index in [1.807, 2.05) is 11.0 Å². The van der Waals surface area contributed by atoms with Gasteiger partial charge in [0.25, 0.3) is 16.8 Å². The van der Waals surface area contributed by atoms with Gasteiger partial charge < -0.3 is 20.9 Å². The standard InChI is InChI=1S/C33H29N7O8/c34-27-28(30(43)29(27)42)38-10-9-17-3-1-16(11-20(17)15-38)2-8-25(41)24-13-23(36-26-14-35-33(46)39(24)26)31(44)37-22-7-5-18-12-19(4-6-21(18)22)32(45)40(47)48/h1,3-4,6,12-14,16,22H,2,5,7-11,15,34H2,(H,35,46)(H,37,44)/t16?,22-/m0/s1. The van der Waals surface area contributed by atoms with E-state index in [0.717, 1.165) is 21.1 Å². The lowest BCUT2D eigenvalue weighted by atomic mass is 9.83. The van der Waals surface area contributed by atoms with Gasteiger partial charge in [-0.1, -0.05) is 18.2 Å². The number of imidazole rings is 1. The van der Waals surface area contributed by atoms with E-state index in [2.05, 4.69) is 21.4 Å². The van der Waals surface area contributed by atoms with Crippen LogP contribution < -0.4 is 32.5 Å². The number of anilines is 2. The zero-order valence-corrected chi connectivity index (χ0v) is 25.5. The Morgan fingerprint density at radius 2 is 1.94 bits per heavy atom. The molecule has 7 rings (SSSR count). The fourth-order valence-corrected chi connectivity index (χ4v) is 7.01. The molecule has 0 radical (unpaired) electrons. The molecule has 15 nitrogen and oxygen atoms in total. The molecule has 244 valence electrons. The Kier molecular flexibility index (Phi) is 7.45. The minimum Gasteiger partial charge on any atom is -0.394 e. The number of carbonyl (C=O) groups is 3. The second-order valence-corrected chi connectivity index (χ2v) is 12.4. The predicted molar refractivity (Wildman–Crippen MR) is 173 cm³/mol. The first-order valence-electron chi connectivity index (χ1n) is 15.5. The number of Topliss-reactive ketones (excluding diaryl/α,β-unsaturated/α-hetero) is 1. The molecule has 0 fully saturated rings. The molecule has 2 aromatic heterocycles. The predicted octanol–water partition coefficient (Wildman–Crippen LogP) is 1.78. The van der Waals surface area contributed by atoms with Crippen LogP contribution in [0.4, 0.5) is 11.4 Å². The van der Waals surface area contributed by atoms with Gasteiger partial charge in [0.15, 0.2) is 11.4 Å². The van der Waals surface area contributed by atoms with Gasteiger partial charge in [0.05, 0.1) is 17.3 Å². The number of hydrogen-bond acceptors (Lipinski definition) is 11. The van der Waals surface area contributed by atoms with E-state index in [4.69, 9.17) is 5.73 Å². The molecular weight excluding hydrogens is 622 g/mol. The Bertz CT molecular complexity index is 2270. The highest BCUT2D eigenvalue weighted by Crippen LogP contribution is 2.35. The van der Waals surface area contributed by atoms with E-state index in [1.54, 1.807) is 6.07 Å². The van der Waals surface area contributed by atoms with Crippen molar-refractivity contribution in [2.45, 2.75) is 44.6 Å². The van der Waals surface area contributed by atoms with Crippen LogP contribution in [0.25, 0.3) is 5.65 Å². The summed E-state index contributed by atoms with van der Waals surface area (Å²) in [6.45, 7) is 1.06. The van der Waals surface area contributed by atoms with E-state index in [-0.39, 0.29) is 52.1 Å². The van der Waals surface area contributed by atoms with Gasteiger partial charge in [0, 0.05) is 25.7 Å². The van der Waals surface area contributed by atoms with Gasteiger partial charge in [-0.25, -0.2) is 19.0 Å². The number of carbonyl (C=O) groups excluding carboxylic acids is 3. The fraction of sp³-hybridized carbons (Fsp3) is 0.303. The van der Waals surface area contributed by atoms with Crippen LogP contribution in [-0.4, -0.2) is 50.0 Å². The first kappa shape index (κ1) is 30.7. The molecule has 2 aliphatic carbocycles. The number of nitrogens with one attached hydrogen (secondary N) is 2. The van der Waals surface area contributed by atoms with E-state index in [9.17, 15) is 38.9 Å². The molecule has 15 heteroatoms. The number of nitrogen functional groups attached to an aromatic ring is 1. The maximum Gasteiger partial charge on any atom is 0.476 e. The van der Waals surface area contributed by atoms with Crippen molar-refractivity contribution in [3.8, 4) is 0 Å². The summed E-state index contributed by atoms with van der Waals surface area (Å²) < 4.78 is 1.14. The first-order valence-corrected chi connectivity index (χ1v) is 15.5. The second-order valence-electron chi connectivity index (χ2n) is 12.4. The summed E-state index contributed by atoms with van der Waals surface area (Å²) in [7, 11) is 0. The summed E-state index contributed by atoms with van der Waals surface area (Å²) in [5.74, 6) is -2.10. The lowest BCUT2D eigenvalue weighted by Gasteiger charge is -2.35. The van der Waals surface area contributed by atoms with Crippen LogP contribution in [0.3, 0.4) is 0 Å². The van der Waals surface area contributed by atoms with Gasteiger partial charge in [0.2, 0.25) is 0 Å². The number of allylic oxidation sites excluding steroid dienone is 2. The number of nitro groups is 1. The topological polar surface area (TPSA) is 220 Å². The number of fused-ring (bicyclic) bond motifs is 2. The van der Waals surface area contributed by atoms with Crippen molar-refractivity contribution >= 4 is 34.6 Å². The molecule has 2 aromatic carbocycles. The van der Waals surface area contributed by atoms with E-state index < -0.39 is 39.3 Å². The molecule has 3 heterocycles. The number of aromatic nitrogens is 3. The Morgan fingerprint density at radius 3 is 2.71 bits per heavy atom. The van der Waals surface area contributed by atoms with Gasteiger partial charge in [-0.05, 0) is 78.5 Å². The quantitative estimate of drug-likeness (QED) is 0.108. The zero-order valence-electron chi connectivity index (χ0n) is 25.5. The van der Waals surface area contributed by atoms with Crippen LogP contribution in [0.5, 0.6) is 0 Å². The SMILES string of the molecule is Nc1c(N2CCC3=C(CC(CCC(=O)c4cc(C(=O)N[C@H]5CCc6cc(C(=O)[N+](=O)[O-])ccc65)nc5c[nH]c(=O)n45)C=C3)C2)c(=O)c1=O. The number of hydrogen-bond donors (Lipinski definition) is 3. The number of H-pyrrole nitrogens is 1. The summed E-state index contributed by atoms with van der Waals surface area (Å²) in [6.07, 6.45) is 8.36. The van der Waals surface area contributed by atoms with Crippen molar-refractivity contribution in [3.05, 3.63) is 123 Å². The molecule has 4 N–H and O–H groups in total. The highest BCUT2D eigenvalue weighted by atomic mass is 16.6. The van der Waals surface area contributed by atoms with E-state index >= 15 is 0 Å². The lowest BCUT2D eigenvalue weighted by Crippen LogP contribution is -2.45. The number of aryl methyl sites for hydroxylation is 1. The van der Waals surface area contributed by atoms with Crippen molar-refractivity contribution in [2.24, 2.45) is 5.92 Å². The minimum absolute atomic E-state index is 0.00352. The van der Waals surface area contributed by atoms with Crippen molar-refractivity contribution in [1.29, 1.82) is 0 Å². The molecular formula is C33H29N7O8. The van der Waals surface area contributed by atoms with Crippen molar-refractivity contribution in [1.82, 2.24) is 19.7 Å². The van der Waals surface area contributed by atoms with Gasteiger partial charge in [0.1, 0.15) is 22.0 Å². The maximum atomic E-state index is 13.6. The van der Waals surface area contributed by atoms with Crippen LogP contribution in [-0.2, 0) is 6.42 Å². The van der Waals surface area contributed by atoms with Gasteiger partial charge in [-0.3, -0.25) is 29.3 Å². The lowest BCUT2D eigenvalue weighted by molar-refractivity contribution is -0.375. The second kappa shape index (κ2) is 11.7. The zero-order chi connectivity index (χ0) is 33.9. The van der Waals surface area contributed by atoms with Crippen LogP contribution in [0, 0.1) is 16.0 Å². The number of nitrogens with two attached hydrogens (primary N) is 1. The summed E-state index contributed by atoms with van der Waals surface area (Å²) in [5, 5.41) is 13.8. The molecule has 4 aromatic rings. The van der Waals surface area contributed by atoms with Crippen molar-refractivity contribution < 1.29 is 19.3 Å². The Labute approximate surface area is 270 Å². The number of benzene rings is 1. The van der Waals surface area contributed by atoms with Crippen molar-refractivity contribution in [3.63, 3.8) is 0 Å². The van der Waals surface area contributed by atoms with Gasteiger partial charge in [-0.2, -0.15) is 0 Å². The maximum absolute atomic E-state index is 13.6. The number of rotatable bonds is 8. The van der Waals surface area contributed by atoms with Crippen LogP contribution in [0.15, 0.2) is 68.1 Å².